The SMILES string of the molecule is CC(C)OC(=O)[C@H](Cc1ccccc1)N1COc2ccc3c(-c4ccccc4)cc(=O)oc3c2C1. The predicted octanol–water partition coefficient (Wildman–Crippen LogP) is 5.17. The second-order valence-electron chi connectivity index (χ2n) is 8.98. The number of nitrogens with zero attached hydrogens (tertiary/aromatic N) is 1. The Morgan fingerprint density at radius 2 is 1.71 bits per heavy atom. The van der Waals surface area contributed by atoms with Crippen LogP contribution in [0.25, 0.3) is 22.1 Å². The molecule has 3 aromatic carbocycles. The molecular weight excluding hydrogens is 442 g/mol. The molecule has 0 spiro atoms. The van der Waals surface area contributed by atoms with Crippen molar-refractivity contribution in [3.8, 4) is 16.9 Å². The summed E-state index contributed by atoms with van der Waals surface area (Å²) in [4.78, 5) is 27.6. The number of rotatable bonds is 6. The molecule has 35 heavy (non-hydrogen) atoms. The van der Waals surface area contributed by atoms with Crippen molar-refractivity contribution in [1.82, 2.24) is 4.90 Å². The minimum Gasteiger partial charge on any atom is -0.478 e. The Morgan fingerprint density at radius 1 is 1.00 bits per heavy atom. The van der Waals surface area contributed by atoms with Crippen LogP contribution in [-0.2, 0) is 22.5 Å². The highest BCUT2D eigenvalue weighted by Crippen LogP contribution is 2.36. The fraction of sp³-hybridized carbons (Fsp3) is 0.241. The summed E-state index contributed by atoms with van der Waals surface area (Å²) in [5, 5.41) is 0.823. The lowest BCUT2D eigenvalue weighted by atomic mass is 9.98. The van der Waals surface area contributed by atoms with E-state index in [-0.39, 0.29) is 18.8 Å². The molecule has 0 N–H and O–H groups in total. The predicted molar refractivity (Wildman–Crippen MR) is 134 cm³/mol. The molecule has 178 valence electrons. The Kier molecular flexibility index (Phi) is 6.38. The zero-order chi connectivity index (χ0) is 24.4. The molecule has 2 heterocycles. The molecule has 0 unspecified atom stereocenters. The van der Waals surface area contributed by atoms with Crippen LogP contribution in [0.1, 0.15) is 25.0 Å². The summed E-state index contributed by atoms with van der Waals surface area (Å²) in [6.45, 7) is 4.30. The van der Waals surface area contributed by atoms with Gasteiger partial charge in [0, 0.05) is 18.0 Å². The third-order valence-electron chi connectivity index (χ3n) is 6.14. The highest BCUT2D eigenvalue weighted by Gasteiger charge is 2.33. The summed E-state index contributed by atoms with van der Waals surface area (Å²) in [5.41, 5.74) is 3.56. The number of ether oxygens (including phenoxy) is 2. The highest BCUT2D eigenvalue weighted by molar-refractivity contribution is 5.95. The zero-order valence-corrected chi connectivity index (χ0v) is 19.8. The normalized spacial score (nSPS) is 14.4. The molecule has 0 bridgehead atoms. The van der Waals surface area contributed by atoms with Crippen LogP contribution in [0.2, 0.25) is 0 Å². The maximum absolute atomic E-state index is 13.1. The van der Waals surface area contributed by atoms with Gasteiger partial charge >= 0.3 is 11.6 Å². The second kappa shape index (κ2) is 9.76. The van der Waals surface area contributed by atoms with Crippen molar-refractivity contribution >= 4 is 16.9 Å². The van der Waals surface area contributed by atoms with Crippen LogP contribution in [-0.4, -0.2) is 29.7 Å². The molecule has 0 fully saturated rings. The number of fused-ring (bicyclic) bond motifs is 3. The van der Waals surface area contributed by atoms with E-state index in [1.807, 2.05) is 91.5 Å². The van der Waals surface area contributed by atoms with Crippen molar-refractivity contribution in [2.45, 2.75) is 39.0 Å². The van der Waals surface area contributed by atoms with Crippen molar-refractivity contribution in [3.63, 3.8) is 0 Å². The first-order valence-corrected chi connectivity index (χ1v) is 11.8. The minimum absolute atomic E-state index is 0.228. The molecule has 0 saturated carbocycles. The smallest absolute Gasteiger partial charge is 0.336 e. The summed E-state index contributed by atoms with van der Waals surface area (Å²) >= 11 is 0. The Labute approximate surface area is 203 Å². The topological polar surface area (TPSA) is 69.0 Å². The van der Waals surface area contributed by atoms with Crippen LogP contribution < -0.4 is 10.4 Å². The van der Waals surface area contributed by atoms with E-state index < -0.39 is 11.7 Å². The zero-order valence-electron chi connectivity index (χ0n) is 19.8. The number of hydrogen-bond acceptors (Lipinski definition) is 6. The summed E-state index contributed by atoms with van der Waals surface area (Å²) < 4.78 is 17.4. The van der Waals surface area contributed by atoms with Gasteiger partial charge < -0.3 is 13.9 Å². The Bertz CT molecular complexity index is 1400. The van der Waals surface area contributed by atoms with E-state index in [1.54, 1.807) is 0 Å². The van der Waals surface area contributed by atoms with Gasteiger partial charge in [-0.1, -0.05) is 60.7 Å². The first kappa shape index (κ1) is 22.9. The van der Waals surface area contributed by atoms with E-state index in [9.17, 15) is 9.59 Å². The average molecular weight is 470 g/mol. The number of hydrogen-bond donors (Lipinski definition) is 0. The molecule has 1 aliphatic heterocycles. The lowest BCUT2D eigenvalue weighted by Gasteiger charge is -2.34. The van der Waals surface area contributed by atoms with Crippen LogP contribution in [0.4, 0.5) is 0 Å². The maximum atomic E-state index is 13.1. The molecule has 0 saturated heterocycles. The molecule has 0 radical (unpaired) electrons. The van der Waals surface area contributed by atoms with E-state index in [0.717, 1.165) is 27.6 Å². The van der Waals surface area contributed by atoms with E-state index in [4.69, 9.17) is 13.9 Å². The van der Waals surface area contributed by atoms with E-state index in [0.29, 0.717) is 24.3 Å². The molecule has 6 nitrogen and oxygen atoms in total. The molecule has 1 atom stereocenters. The summed E-state index contributed by atoms with van der Waals surface area (Å²) in [7, 11) is 0. The van der Waals surface area contributed by atoms with Gasteiger partial charge in [0.15, 0.2) is 0 Å². The second-order valence-corrected chi connectivity index (χ2v) is 8.98. The molecule has 1 aromatic heterocycles. The van der Waals surface area contributed by atoms with Gasteiger partial charge in [0.2, 0.25) is 0 Å². The number of esters is 1. The van der Waals surface area contributed by atoms with E-state index in [1.165, 1.54) is 6.07 Å². The third kappa shape index (κ3) is 4.84. The van der Waals surface area contributed by atoms with Gasteiger partial charge in [-0.15, -0.1) is 0 Å². The van der Waals surface area contributed by atoms with Crippen molar-refractivity contribution < 1.29 is 18.7 Å². The molecule has 5 rings (SSSR count). The minimum atomic E-state index is -0.549. The van der Waals surface area contributed by atoms with Gasteiger partial charge in [-0.3, -0.25) is 9.69 Å². The van der Waals surface area contributed by atoms with E-state index >= 15 is 0 Å². The number of carbonyl (C=O) groups excluding carboxylic acids is 1. The van der Waals surface area contributed by atoms with Crippen LogP contribution in [0.3, 0.4) is 0 Å². The van der Waals surface area contributed by atoms with Crippen LogP contribution in [0, 0.1) is 0 Å². The number of carbonyl (C=O) groups is 1. The summed E-state index contributed by atoms with van der Waals surface area (Å²) in [6, 6.07) is 24.4. The largest absolute Gasteiger partial charge is 0.478 e. The lowest BCUT2D eigenvalue weighted by molar-refractivity contribution is -0.156. The Morgan fingerprint density at radius 3 is 2.43 bits per heavy atom. The lowest BCUT2D eigenvalue weighted by Crippen LogP contribution is -2.47. The van der Waals surface area contributed by atoms with Gasteiger partial charge in [0.1, 0.15) is 24.1 Å². The third-order valence-corrected chi connectivity index (χ3v) is 6.14. The molecule has 4 aromatic rings. The van der Waals surface area contributed by atoms with Gasteiger partial charge in [0.05, 0.1) is 11.7 Å². The molecule has 0 aliphatic carbocycles. The van der Waals surface area contributed by atoms with Crippen molar-refractivity contribution in [1.29, 1.82) is 0 Å². The van der Waals surface area contributed by atoms with Gasteiger partial charge in [-0.05, 0) is 49.1 Å². The monoisotopic (exact) mass is 469 g/mol. The molecule has 0 amide bonds. The van der Waals surface area contributed by atoms with Crippen LogP contribution in [0.5, 0.6) is 5.75 Å². The first-order chi connectivity index (χ1) is 17.0. The highest BCUT2D eigenvalue weighted by atomic mass is 16.5. The number of benzene rings is 3. The van der Waals surface area contributed by atoms with Crippen LogP contribution in [0.15, 0.2) is 88.1 Å². The van der Waals surface area contributed by atoms with Crippen LogP contribution >= 0.6 is 0 Å². The van der Waals surface area contributed by atoms with E-state index in [2.05, 4.69) is 0 Å². The quantitative estimate of drug-likeness (QED) is 0.287. The average Bonchev–Trinajstić information content (AvgIpc) is 2.87. The summed E-state index contributed by atoms with van der Waals surface area (Å²) in [5.74, 6) is 0.348. The molecule has 1 aliphatic rings. The fourth-order valence-electron chi connectivity index (χ4n) is 4.52. The van der Waals surface area contributed by atoms with Crippen molar-refractivity contribution in [2.75, 3.05) is 6.73 Å². The molecular formula is C29H27NO5. The Hall–Kier alpha value is -3.90. The standard InChI is InChI=1S/C29H27NO5/c1-19(2)34-29(32)25(15-20-9-5-3-6-10-20)30-17-24-26(33-18-30)14-13-22-23(16-27(31)35-28(22)24)21-11-7-4-8-12-21/h3-14,16,19,25H,15,17-18H2,1-2H3/t25-/m0/s1. The summed E-state index contributed by atoms with van der Waals surface area (Å²) in [6.07, 6.45) is 0.251. The van der Waals surface area contributed by atoms with Gasteiger partial charge in [-0.25, -0.2) is 4.79 Å². The Balaban J connectivity index is 1.55. The fourth-order valence-corrected chi connectivity index (χ4v) is 4.52. The van der Waals surface area contributed by atoms with Crippen molar-refractivity contribution in [3.05, 3.63) is 100 Å². The van der Waals surface area contributed by atoms with Gasteiger partial charge in [0.25, 0.3) is 0 Å². The van der Waals surface area contributed by atoms with Gasteiger partial charge in [-0.2, -0.15) is 0 Å². The maximum Gasteiger partial charge on any atom is 0.336 e. The molecule has 6 heteroatoms. The van der Waals surface area contributed by atoms with Crippen molar-refractivity contribution in [2.24, 2.45) is 0 Å². The first-order valence-electron chi connectivity index (χ1n) is 11.8.